The zero-order valence-electron chi connectivity index (χ0n) is 5.85. The molecule has 0 aliphatic carbocycles. The van der Waals surface area contributed by atoms with Crippen LogP contribution in [-0.4, -0.2) is 22.7 Å². The Morgan fingerprint density at radius 2 is 2.46 bits per heavy atom. The van der Waals surface area contributed by atoms with Crippen molar-refractivity contribution in [3.8, 4) is 0 Å². The molecule has 0 saturated carbocycles. The maximum Gasteiger partial charge on any atom is 0.534 e. The maximum atomic E-state index is 10.6. The minimum atomic E-state index is -1.50. The van der Waals surface area contributed by atoms with Gasteiger partial charge in [-0.25, -0.2) is 4.79 Å². The molecule has 0 spiro atoms. The first-order valence-electron chi connectivity index (χ1n) is 2.52. The molecule has 0 saturated heterocycles. The van der Waals surface area contributed by atoms with E-state index in [9.17, 15) is 19.7 Å². The van der Waals surface area contributed by atoms with Crippen LogP contribution in [0.2, 0.25) is 0 Å². The van der Waals surface area contributed by atoms with E-state index in [1.807, 2.05) is 4.91 Å². The van der Waals surface area contributed by atoms with Gasteiger partial charge < -0.3 is 15.0 Å². The van der Waals surface area contributed by atoms with Gasteiger partial charge in [-0.05, 0) is 0 Å². The van der Waals surface area contributed by atoms with Gasteiger partial charge in [0.1, 0.15) is 0 Å². The van der Waals surface area contributed by atoms with Gasteiger partial charge in [0.25, 0.3) is 5.12 Å². The highest BCUT2D eigenvalue weighted by molar-refractivity contribution is 5.71. The van der Waals surface area contributed by atoms with Crippen molar-refractivity contribution in [2.24, 2.45) is 5.22 Å². The third-order valence-corrected chi connectivity index (χ3v) is 0.655. The van der Waals surface area contributed by atoms with Gasteiger partial charge in [0.15, 0.2) is 5.03 Å². The average molecular weight is 190 g/mol. The molecule has 0 fully saturated rings. The Morgan fingerprint density at radius 1 is 1.85 bits per heavy atom. The number of urea groups is 1. The Balaban J connectivity index is 4.36. The highest BCUT2D eigenvalue weighted by atomic mass is 16.7. The molecule has 0 rings (SSSR count). The number of azide groups is 1. The highest BCUT2D eigenvalue weighted by Crippen LogP contribution is 1.90. The fourth-order valence-electron chi connectivity index (χ4n) is 0.301. The summed E-state index contributed by atoms with van der Waals surface area (Å²) in [5.74, 6) is 0. The molecule has 2 amide bonds. The first-order valence-corrected chi connectivity index (χ1v) is 2.52. The lowest BCUT2D eigenvalue weighted by molar-refractivity contribution is -0.635. The number of hydrogen-bond acceptors (Lipinski definition) is 6. The predicted octanol–water partition coefficient (Wildman–Crippen LogP) is -0.497. The minimum absolute atomic E-state index is 0.174. The third-order valence-electron chi connectivity index (χ3n) is 0.655. The summed E-state index contributed by atoms with van der Waals surface area (Å²) in [7, 11) is 0. The molecule has 13 heavy (non-hydrogen) atoms. The largest absolute Gasteiger partial charge is 0.534 e. The lowest BCUT2D eigenvalue weighted by Crippen LogP contribution is -2.39. The molecule has 0 radical (unpaired) electrons. The molecule has 11 heteroatoms. The zero-order chi connectivity index (χ0) is 10.3. The summed E-state index contributed by atoms with van der Waals surface area (Å²) in [4.78, 5) is 35.7. The Kier molecular flexibility index (Phi) is 4.14. The first kappa shape index (κ1) is 10.4. The molecule has 1 N–H and O–H groups in total. The van der Waals surface area contributed by atoms with Gasteiger partial charge in [-0.15, -0.1) is 5.48 Å². The molecule has 0 aliphatic rings. The van der Waals surface area contributed by atoms with Crippen molar-refractivity contribution in [3.05, 3.63) is 20.6 Å². The summed E-state index contributed by atoms with van der Waals surface area (Å²) in [6.07, 6.45) is 0. The summed E-state index contributed by atoms with van der Waals surface area (Å²) in [5, 5.41) is 10.6. The van der Waals surface area contributed by atoms with Crippen molar-refractivity contribution in [2.75, 3.05) is 0 Å². The van der Waals surface area contributed by atoms with Gasteiger partial charge in [0, 0.05) is 0 Å². The van der Waals surface area contributed by atoms with Crippen LogP contribution in [0.5, 0.6) is 0 Å². The molecule has 70 valence electrons. The average Bonchev–Trinajstić information content (AvgIpc) is 2.09. The van der Waals surface area contributed by atoms with Gasteiger partial charge in [-0.3, -0.25) is 4.79 Å². The fourth-order valence-corrected chi connectivity index (χ4v) is 0.301. The van der Waals surface area contributed by atoms with Crippen molar-refractivity contribution in [1.82, 2.24) is 10.6 Å². The van der Waals surface area contributed by atoms with E-state index >= 15 is 0 Å². The normalized spacial score (nSPS) is 7.69. The summed E-state index contributed by atoms with van der Waals surface area (Å²) >= 11 is 0. The number of hydrogen-bond donors (Lipinski definition) is 1. The second kappa shape index (κ2) is 5.15. The third kappa shape index (κ3) is 3.38. The number of rotatable bonds is 4. The lowest BCUT2D eigenvalue weighted by atomic mass is 11.1. The molecule has 0 unspecified atom stereocenters. The second-order valence-electron chi connectivity index (χ2n) is 1.33. The number of nitrogens with one attached hydrogen (secondary N) is 1. The number of nitrogens with zero attached hydrogens (tertiary/aromatic N) is 5. The van der Waals surface area contributed by atoms with Crippen LogP contribution in [-0.2, 0) is 9.63 Å². The van der Waals surface area contributed by atoms with Crippen LogP contribution < -0.4 is 5.48 Å². The van der Waals surface area contributed by atoms with Crippen molar-refractivity contribution in [2.45, 2.75) is 0 Å². The summed E-state index contributed by atoms with van der Waals surface area (Å²) < 4.78 is 0. The number of carbonyl (C=O) groups is 2. The number of nitro groups is 1. The molecule has 0 aromatic carbocycles. The number of hydrazine groups is 1. The lowest BCUT2D eigenvalue weighted by Gasteiger charge is -1.95. The van der Waals surface area contributed by atoms with Crippen LogP contribution in [0.4, 0.5) is 4.79 Å². The highest BCUT2D eigenvalue weighted by Gasteiger charge is 2.36. The standard InChI is InChI=1S/C2H2N6O5/c3-5-6-7(8(11)12)2(10)4-13-1-9/h1H,(H,4,10). The Morgan fingerprint density at radius 3 is 2.85 bits per heavy atom. The molecule has 0 heterocycles. The van der Waals surface area contributed by atoms with Crippen molar-refractivity contribution < 1.29 is 19.5 Å². The van der Waals surface area contributed by atoms with Crippen LogP contribution in [0, 0.1) is 10.1 Å². The van der Waals surface area contributed by atoms with Crippen LogP contribution >= 0.6 is 0 Å². The van der Waals surface area contributed by atoms with E-state index in [-0.39, 0.29) is 6.47 Å². The fraction of sp³-hybridized carbons (Fsp3) is 0. The first-order chi connectivity index (χ1) is 6.13. The van der Waals surface area contributed by atoms with Gasteiger partial charge >= 0.3 is 17.7 Å². The molecule has 0 bridgehead atoms. The van der Waals surface area contributed by atoms with Gasteiger partial charge in [-0.1, -0.05) is 5.53 Å². The van der Waals surface area contributed by atoms with E-state index in [1.165, 1.54) is 5.48 Å². The molecule has 0 aromatic heterocycles. The number of amides is 2. The Bertz CT molecular complexity index is 266. The molecule has 11 nitrogen and oxygen atoms in total. The zero-order valence-corrected chi connectivity index (χ0v) is 5.85. The maximum absolute atomic E-state index is 10.6. The van der Waals surface area contributed by atoms with Crippen molar-refractivity contribution in [3.63, 3.8) is 0 Å². The van der Waals surface area contributed by atoms with E-state index < -0.39 is 16.2 Å². The quantitative estimate of drug-likeness (QED) is 0.158. The summed E-state index contributed by atoms with van der Waals surface area (Å²) in [6, 6.07) is -1.50. The summed E-state index contributed by atoms with van der Waals surface area (Å²) in [6.45, 7) is -0.174. The van der Waals surface area contributed by atoms with Gasteiger partial charge in [0.2, 0.25) is 0 Å². The number of carbonyl (C=O) groups excluding carboxylic acids is 2. The van der Waals surface area contributed by atoms with E-state index in [4.69, 9.17) is 5.53 Å². The summed E-state index contributed by atoms with van der Waals surface area (Å²) in [5.41, 5.74) is 9.09. The Hall–Kier alpha value is -2.55. The second-order valence-corrected chi connectivity index (χ2v) is 1.33. The van der Waals surface area contributed by atoms with E-state index in [2.05, 4.69) is 10.1 Å². The molecule has 0 atom stereocenters. The minimum Gasteiger partial charge on any atom is -0.341 e. The van der Waals surface area contributed by atoms with E-state index in [0.29, 0.717) is 0 Å². The van der Waals surface area contributed by atoms with Crippen LogP contribution in [0.1, 0.15) is 0 Å². The predicted molar refractivity (Wildman–Crippen MR) is 33.7 cm³/mol. The molecular formula is C2H2N6O5. The van der Waals surface area contributed by atoms with E-state index in [0.717, 1.165) is 0 Å². The molecular weight excluding hydrogens is 188 g/mol. The monoisotopic (exact) mass is 190 g/mol. The Labute approximate surface area is 69.5 Å². The smallest absolute Gasteiger partial charge is 0.341 e. The molecule has 0 aromatic rings. The van der Waals surface area contributed by atoms with Crippen molar-refractivity contribution in [1.29, 1.82) is 0 Å². The SMILES string of the molecule is [N-]=[N+]=NN(C(=O)NOC=O)[N+](=O)[O-]. The molecule has 0 aliphatic heterocycles. The van der Waals surface area contributed by atoms with Gasteiger partial charge in [-0.2, -0.15) is 0 Å². The van der Waals surface area contributed by atoms with Gasteiger partial charge in [0.05, 0.1) is 4.91 Å². The van der Waals surface area contributed by atoms with Crippen LogP contribution in [0.25, 0.3) is 10.4 Å². The van der Waals surface area contributed by atoms with Crippen LogP contribution in [0.3, 0.4) is 0 Å². The van der Waals surface area contributed by atoms with E-state index in [1.54, 1.807) is 0 Å². The number of hydroxylamine groups is 1. The van der Waals surface area contributed by atoms with Crippen molar-refractivity contribution >= 4 is 12.5 Å². The van der Waals surface area contributed by atoms with Crippen LogP contribution in [0.15, 0.2) is 5.22 Å². The topological polar surface area (TPSA) is 151 Å².